The molecular weight excluding hydrogens is 328 g/mol. The number of aromatic nitrogens is 1. The third-order valence-electron chi connectivity index (χ3n) is 2.99. The number of nitrogens with one attached hydrogen (secondary N) is 1. The van der Waals surface area contributed by atoms with Gasteiger partial charge in [-0.15, -0.1) is 0 Å². The van der Waals surface area contributed by atoms with E-state index in [4.69, 9.17) is 4.74 Å². The van der Waals surface area contributed by atoms with Crippen molar-refractivity contribution in [3.63, 3.8) is 0 Å². The van der Waals surface area contributed by atoms with Crippen LogP contribution in [-0.4, -0.2) is 11.5 Å². The summed E-state index contributed by atoms with van der Waals surface area (Å²) in [6.45, 7) is 6.93. The zero-order valence-electron chi connectivity index (χ0n) is 12.5. The van der Waals surface area contributed by atoms with Crippen LogP contribution >= 0.6 is 15.9 Å². The summed E-state index contributed by atoms with van der Waals surface area (Å²) in [5.74, 6) is 1.45. The number of hydrogen-bond acceptors (Lipinski definition) is 3. The van der Waals surface area contributed by atoms with Crippen molar-refractivity contribution in [3.8, 4) is 5.75 Å². The van der Waals surface area contributed by atoms with Gasteiger partial charge in [-0.25, -0.2) is 0 Å². The van der Waals surface area contributed by atoms with Crippen molar-refractivity contribution in [3.05, 3.63) is 58.3 Å². The Morgan fingerprint density at radius 2 is 1.86 bits per heavy atom. The van der Waals surface area contributed by atoms with Crippen LogP contribution in [0.15, 0.2) is 47.2 Å². The van der Waals surface area contributed by atoms with Gasteiger partial charge >= 0.3 is 0 Å². The van der Waals surface area contributed by atoms with E-state index in [9.17, 15) is 0 Å². The summed E-state index contributed by atoms with van der Waals surface area (Å²) in [5, 5.41) is 3.44. The molecule has 4 heteroatoms. The predicted octanol–water partition coefficient (Wildman–Crippen LogP) is 4.17. The highest BCUT2D eigenvalue weighted by Crippen LogP contribution is 2.17. The quantitative estimate of drug-likeness (QED) is 0.815. The molecule has 0 saturated carbocycles. The highest BCUT2D eigenvalue weighted by Gasteiger charge is 1.99. The van der Waals surface area contributed by atoms with Crippen LogP contribution in [0.2, 0.25) is 0 Å². The van der Waals surface area contributed by atoms with Gasteiger partial charge in [0.05, 0.1) is 6.20 Å². The molecule has 3 nitrogen and oxygen atoms in total. The molecular formula is C17H21BrN2O. The molecule has 1 N–H and O–H groups in total. The van der Waals surface area contributed by atoms with Gasteiger partial charge < -0.3 is 10.1 Å². The van der Waals surface area contributed by atoms with Gasteiger partial charge in [0.25, 0.3) is 0 Å². The van der Waals surface area contributed by atoms with Crippen LogP contribution in [0.3, 0.4) is 0 Å². The Labute approximate surface area is 134 Å². The molecule has 0 fully saturated rings. The Morgan fingerprint density at radius 3 is 2.52 bits per heavy atom. The van der Waals surface area contributed by atoms with Gasteiger partial charge in [0.15, 0.2) is 0 Å². The molecule has 2 aromatic rings. The molecule has 0 saturated heterocycles. The highest BCUT2D eigenvalue weighted by atomic mass is 79.9. The van der Waals surface area contributed by atoms with Gasteiger partial charge in [-0.1, -0.05) is 38.1 Å². The average molecular weight is 349 g/mol. The Balaban J connectivity index is 1.82. The molecule has 1 heterocycles. The fourth-order valence-electron chi connectivity index (χ4n) is 1.90. The van der Waals surface area contributed by atoms with E-state index in [0.717, 1.165) is 28.9 Å². The summed E-state index contributed by atoms with van der Waals surface area (Å²) < 4.78 is 6.64. The molecule has 1 aromatic carbocycles. The van der Waals surface area contributed by atoms with Crippen LogP contribution in [0.4, 0.5) is 0 Å². The molecule has 0 aliphatic carbocycles. The Bertz CT molecular complexity index is 555. The molecule has 21 heavy (non-hydrogen) atoms. The average Bonchev–Trinajstić information content (AvgIpc) is 2.46. The van der Waals surface area contributed by atoms with Crippen LogP contribution in [0.5, 0.6) is 5.75 Å². The van der Waals surface area contributed by atoms with E-state index >= 15 is 0 Å². The monoisotopic (exact) mass is 348 g/mol. The van der Waals surface area contributed by atoms with E-state index in [1.807, 2.05) is 6.07 Å². The van der Waals surface area contributed by atoms with Crippen LogP contribution in [0, 0.1) is 5.92 Å². The lowest BCUT2D eigenvalue weighted by atomic mass is 10.1. The van der Waals surface area contributed by atoms with Crippen molar-refractivity contribution in [2.75, 3.05) is 6.54 Å². The molecule has 0 aliphatic rings. The number of halogens is 1. The van der Waals surface area contributed by atoms with Crippen LogP contribution in [0.1, 0.15) is 25.0 Å². The van der Waals surface area contributed by atoms with Gasteiger partial charge in [-0.2, -0.15) is 0 Å². The third kappa shape index (κ3) is 5.86. The molecule has 0 radical (unpaired) electrons. The summed E-state index contributed by atoms with van der Waals surface area (Å²) in [4.78, 5) is 4.08. The minimum atomic E-state index is 0.553. The fourth-order valence-corrected chi connectivity index (χ4v) is 2.24. The maximum absolute atomic E-state index is 5.72. The number of hydrogen-bond donors (Lipinski definition) is 1. The molecule has 1 aromatic heterocycles. The first-order valence-electron chi connectivity index (χ1n) is 7.15. The Kier molecular flexibility index (Phi) is 6.21. The second-order valence-electron chi connectivity index (χ2n) is 5.47. The minimum absolute atomic E-state index is 0.553. The first kappa shape index (κ1) is 16.0. The smallest absolute Gasteiger partial charge is 0.139 e. The van der Waals surface area contributed by atoms with Crippen molar-refractivity contribution >= 4 is 15.9 Å². The molecule has 0 aliphatic heterocycles. The highest BCUT2D eigenvalue weighted by molar-refractivity contribution is 9.10. The number of ether oxygens (including phenoxy) is 1. The number of rotatable bonds is 7. The number of pyridine rings is 1. The summed E-state index contributed by atoms with van der Waals surface area (Å²) >= 11 is 3.38. The van der Waals surface area contributed by atoms with Crippen molar-refractivity contribution in [2.45, 2.75) is 27.0 Å². The SMILES string of the molecule is CC(C)CNCc1ccc(COc2cncc(Br)c2)cc1. The molecule has 0 amide bonds. The normalized spacial score (nSPS) is 10.9. The zero-order valence-corrected chi connectivity index (χ0v) is 14.1. The van der Waals surface area contributed by atoms with Crippen molar-refractivity contribution in [1.29, 1.82) is 0 Å². The van der Waals surface area contributed by atoms with Gasteiger partial charge in [0, 0.05) is 17.2 Å². The molecule has 0 unspecified atom stereocenters. The molecule has 2 rings (SSSR count). The molecule has 0 spiro atoms. The van der Waals surface area contributed by atoms with E-state index in [-0.39, 0.29) is 0 Å². The zero-order chi connectivity index (χ0) is 15.1. The lowest BCUT2D eigenvalue weighted by molar-refractivity contribution is 0.304. The first-order chi connectivity index (χ1) is 10.1. The van der Waals surface area contributed by atoms with Gasteiger partial charge in [0.2, 0.25) is 0 Å². The maximum atomic E-state index is 5.72. The number of benzene rings is 1. The van der Waals surface area contributed by atoms with Crippen molar-refractivity contribution in [2.24, 2.45) is 5.92 Å². The fraction of sp³-hybridized carbons (Fsp3) is 0.353. The second-order valence-corrected chi connectivity index (χ2v) is 6.38. The van der Waals surface area contributed by atoms with Gasteiger partial charge in [0.1, 0.15) is 12.4 Å². The van der Waals surface area contributed by atoms with Crippen molar-refractivity contribution in [1.82, 2.24) is 10.3 Å². The topological polar surface area (TPSA) is 34.1 Å². The molecule has 0 bridgehead atoms. The van der Waals surface area contributed by atoms with Crippen LogP contribution < -0.4 is 10.1 Å². The lowest BCUT2D eigenvalue weighted by Gasteiger charge is -2.09. The molecule has 112 valence electrons. The summed E-state index contributed by atoms with van der Waals surface area (Å²) in [6.07, 6.45) is 3.46. The summed E-state index contributed by atoms with van der Waals surface area (Å²) in [5.41, 5.74) is 2.45. The largest absolute Gasteiger partial charge is 0.487 e. The van der Waals surface area contributed by atoms with E-state index in [2.05, 4.69) is 64.3 Å². The maximum Gasteiger partial charge on any atom is 0.139 e. The summed E-state index contributed by atoms with van der Waals surface area (Å²) in [7, 11) is 0. The predicted molar refractivity (Wildman–Crippen MR) is 89.3 cm³/mol. The Morgan fingerprint density at radius 1 is 1.14 bits per heavy atom. The van der Waals surface area contributed by atoms with Gasteiger partial charge in [-0.05, 0) is 45.6 Å². The van der Waals surface area contributed by atoms with E-state index in [1.165, 1.54) is 5.56 Å². The third-order valence-corrected chi connectivity index (χ3v) is 3.42. The van der Waals surface area contributed by atoms with Crippen LogP contribution in [-0.2, 0) is 13.2 Å². The van der Waals surface area contributed by atoms with E-state index < -0.39 is 0 Å². The second kappa shape index (κ2) is 8.15. The minimum Gasteiger partial charge on any atom is -0.487 e. The van der Waals surface area contributed by atoms with Gasteiger partial charge in [-0.3, -0.25) is 4.98 Å². The van der Waals surface area contributed by atoms with Crippen LogP contribution in [0.25, 0.3) is 0 Å². The van der Waals surface area contributed by atoms with E-state index in [0.29, 0.717) is 12.5 Å². The Hall–Kier alpha value is -1.39. The lowest BCUT2D eigenvalue weighted by Crippen LogP contribution is -2.18. The van der Waals surface area contributed by atoms with E-state index in [1.54, 1.807) is 12.4 Å². The first-order valence-corrected chi connectivity index (χ1v) is 7.94. The summed E-state index contributed by atoms with van der Waals surface area (Å²) in [6, 6.07) is 10.4. The number of nitrogens with zero attached hydrogens (tertiary/aromatic N) is 1. The standard InChI is InChI=1S/C17H21BrN2O/c1-13(2)8-19-9-14-3-5-15(6-4-14)12-21-17-7-16(18)10-20-11-17/h3-7,10-11,13,19H,8-9,12H2,1-2H3. The van der Waals surface area contributed by atoms with Crippen molar-refractivity contribution < 1.29 is 4.74 Å². The molecule has 0 atom stereocenters.